The number of pyridine rings is 6. The summed E-state index contributed by atoms with van der Waals surface area (Å²) in [6, 6.07) is 155. The van der Waals surface area contributed by atoms with E-state index in [1.165, 1.54) is 158 Å². The van der Waals surface area contributed by atoms with Crippen molar-refractivity contribution in [3.8, 4) is 119 Å². The molecule has 0 saturated carbocycles. The fourth-order valence-electron chi connectivity index (χ4n) is 21.5. The minimum atomic E-state index is 0.648. The van der Waals surface area contributed by atoms with Gasteiger partial charge < -0.3 is 13.7 Å². The van der Waals surface area contributed by atoms with Crippen molar-refractivity contribution in [1.29, 1.82) is 0 Å². The van der Waals surface area contributed by atoms with E-state index in [1.807, 2.05) is 156 Å². The summed E-state index contributed by atoms with van der Waals surface area (Å²) in [5, 5.41) is 23.4. The Kier molecular flexibility index (Phi) is 20.2. The van der Waals surface area contributed by atoms with Crippen molar-refractivity contribution >= 4 is 192 Å². The lowest BCUT2D eigenvalue weighted by atomic mass is 9.99. The number of hydrogen-bond donors (Lipinski definition) is 0. The Morgan fingerprint density at radius 1 is 0.174 bits per heavy atom. The van der Waals surface area contributed by atoms with Gasteiger partial charge in [-0.1, -0.05) is 279 Å². The topological polar surface area (TPSA) is 131 Å². The normalized spacial score (nSPS) is 11.8. The van der Waals surface area contributed by atoms with Crippen LogP contribution in [0.5, 0.6) is 0 Å². The summed E-state index contributed by atoms with van der Waals surface area (Å²) in [6.45, 7) is 0. The monoisotopic (exact) mass is 1890 g/mol. The Balaban J connectivity index is 0.000000105. The van der Waals surface area contributed by atoms with Crippen LogP contribution in [0.3, 0.4) is 0 Å². The van der Waals surface area contributed by atoms with Crippen molar-refractivity contribution in [1.82, 2.24) is 58.6 Å². The van der Waals surface area contributed by atoms with Gasteiger partial charge in [-0.2, -0.15) is 0 Å². The summed E-state index contributed by atoms with van der Waals surface area (Å²) in [5.41, 5.74) is 25.0. The molecule has 13 heterocycles. The molecule has 0 atom stereocenters. The van der Waals surface area contributed by atoms with Gasteiger partial charge in [0.25, 0.3) is 0 Å². The zero-order chi connectivity index (χ0) is 94.8. The number of fused-ring (bicyclic) bond motifs is 30. The Hall–Kier alpha value is -18.5. The molecule has 0 aliphatic heterocycles. The average molecular weight is 1890 g/mol. The van der Waals surface area contributed by atoms with Gasteiger partial charge in [-0.25, -0.2) is 24.9 Å². The van der Waals surface area contributed by atoms with Crippen LogP contribution in [0, 0.1) is 0 Å². The number of benzene rings is 17. The highest BCUT2D eigenvalue weighted by Gasteiger charge is 2.28. The largest absolute Gasteiger partial charge is 0.308 e. The molecule has 0 unspecified atom stereocenters. The van der Waals surface area contributed by atoms with Crippen LogP contribution in [0.15, 0.2) is 474 Å². The summed E-state index contributed by atoms with van der Waals surface area (Å²) in [6.07, 6.45) is 10.9. The number of nitrogens with zero attached hydrogens (tertiary/aromatic N) is 12. The summed E-state index contributed by atoms with van der Waals surface area (Å²) >= 11 is 5.66. The Morgan fingerprint density at radius 2 is 0.444 bits per heavy atom. The van der Waals surface area contributed by atoms with Crippen molar-refractivity contribution in [2.24, 2.45) is 0 Å². The van der Waals surface area contributed by atoms with Crippen LogP contribution in [0.25, 0.3) is 277 Å². The average Bonchev–Trinajstić information content (AvgIpc) is 1.55. The maximum atomic E-state index is 5.01. The molecule has 0 N–H and O–H groups in total. The van der Waals surface area contributed by atoms with Crippen LogP contribution in [0.1, 0.15) is 0 Å². The minimum absolute atomic E-state index is 0.648. The smallest absolute Gasteiger partial charge is 0.164 e. The van der Waals surface area contributed by atoms with Gasteiger partial charge >= 0.3 is 0 Å². The SMILES string of the molecule is c1ccc(-c2cc(-c3ccc(-n4c5ccccc5c5c6ccccc6c6c7ccccc7sc6c54)cc3)cc(-c3ccccn3)n2)nc1.c1ccc(-c2nc(-c3ccccc3)nc(-c3ccc(-n4c5ccccc5c5c6ccccc6c6c7ccccc7sc6c54)cc3)n2)cc1.c1cncc(-c2cc(-c3ccc(-n4c5ccccc5c5c6ccccc6c6c7ccccc7sc6c54)cc3)cc(-c3cccnc3)n2)c1. The molecule has 12 nitrogen and oxygen atoms in total. The van der Waals surface area contributed by atoms with E-state index >= 15 is 0 Å². The van der Waals surface area contributed by atoms with Crippen LogP contribution in [0.2, 0.25) is 0 Å². The molecule has 15 heteroatoms. The van der Waals surface area contributed by atoms with Crippen molar-refractivity contribution in [2.45, 2.75) is 0 Å². The minimum Gasteiger partial charge on any atom is -0.308 e. The lowest BCUT2D eigenvalue weighted by Gasteiger charge is -2.13. The fraction of sp³-hybridized carbons (Fsp3) is 0. The molecule has 0 saturated heterocycles. The van der Waals surface area contributed by atoms with E-state index in [0.717, 1.165) is 101 Å². The molecule has 17 aromatic carbocycles. The quantitative estimate of drug-likeness (QED) is 0.117. The first-order chi connectivity index (χ1) is 71.4. The summed E-state index contributed by atoms with van der Waals surface area (Å²) in [7, 11) is 0. The van der Waals surface area contributed by atoms with Crippen LogP contribution >= 0.6 is 34.0 Å². The predicted octanol–water partition coefficient (Wildman–Crippen LogP) is 34.5. The van der Waals surface area contributed by atoms with Crippen molar-refractivity contribution in [2.75, 3.05) is 0 Å². The lowest BCUT2D eigenvalue weighted by molar-refractivity contribution is 1.07. The Morgan fingerprint density at radius 3 is 0.771 bits per heavy atom. The van der Waals surface area contributed by atoms with Gasteiger partial charge in [-0.15, -0.1) is 34.0 Å². The number of para-hydroxylation sites is 3. The lowest BCUT2D eigenvalue weighted by Crippen LogP contribution is -2.00. The molecule has 0 aliphatic rings. The van der Waals surface area contributed by atoms with E-state index in [2.05, 4.69) is 361 Å². The van der Waals surface area contributed by atoms with Crippen LogP contribution in [-0.4, -0.2) is 58.6 Å². The van der Waals surface area contributed by atoms with E-state index in [0.29, 0.717) is 17.5 Å². The third-order valence-electron chi connectivity index (χ3n) is 27.9. The first-order valence-corrected chi connectivity index (χ1v) is 50.5. The van der Waals surface area contributed by atoms with E-state index in [-0.39, 0.29) is 0 Å². The van der Waals surface area contributed by atoms with Gasteiger partial charge in [0.15, 0.2) is 17.5 Å². The summed E-state index contributed by atoms with van der Waals surface area (Å²) in [5.74, 6) is 1.96. The van der Waals surface area contributed by atoms with Gasteiger partial charge in [0.2, 0.25) is 0 Å². The third-order valence-corrected chi connectivity index (χ3v) is 31.4. The van der Waals surface area contributed by atoms with Gasteiger partial charge in [0.05, 0.1) is 81.4 Å². The molecular weight excluding hydrogens is 1810 g/mol. The van der Waals surface area contributed by atoms with Gasteiger partial charge in [0.1, 0.15) is 0 Å². The second-order valence-electron chi connectivity index (χ2n) is 36.1. The molecule has 30 rings (SSSR count). The van der Waals surface area contributed by atoms with E-state index < -0.39 is 0 Å². The van der Waals surface area contributed by atoms with Gasteiger partial charge in [-0.3, -0.25) is 19.9 Å². The maximum absolute atomic E-state index is 5.01. The highest BCUT2D eigenvalue weighted by atomic mass is 32.1. The molecular formula is C129H78N12S3. The molecule has 0 spiro atoms. The Labute approximate surface area is 837 Å². The summed E-state index contributed by atoms with van der Waals surface area (Å²) in [4.78, 5) is 42.7. The van der Waals surface area contributed by atoms with E-state index in [9.17, 15) is 0 Å². The summed E-state index contributed by atoms with van der Waals surface area (Å²) < 4.78 is 15.2. The highest BCUT2D eigenvalue weighted by Crippen LogP contribution is 2.53. The molecule has 0 bridgehead atoms. The molecule has 0 amide bonds. The van der Waals surface area contributed by atoms with Gasteiger partial charge in [-0.05, 0) is 212 Å². The number of rotatable bonds is 12. The van der Waals surface area contributed by atoms with E-state index in [1.54, 1.807) is 24.8 Å². The highest BCUT2D eigenvalue weighted by molar-refractivity contribution is 7.28. The second-order valence-corrected chi connectivity index (χ2v) is 39.3. The number of hydrogen-bond acceptors (Lipinski definition) is 12. The second kappa shape index (κ2) is 34.8. The van der Waals surface area contributed by atoms with Crippen molar-refractivity contribution in [3.63, 3.8) is 0 Å². The molecule has 672 valence electrons. The molecule has 0 radical (unpaired) electrons. The van der Waals surface area contributed by atoms with Crippen LogP contribution < -0.4 is 0 Å². The number of thiophene rings is 3. The first-order valence-electron chi connectivity index (χ1n) is 48.1. The van der Waals surface area contributed by atoms with Crippen molar-refractivity contribution in [3.05, 3.63) is 474 Å². The number of aromatic nitrogens is 12. The molecule has 0 aliphatic carbocycles. The van der Waals surface area contributed by atoms with Crippen molar-refractivity contribution < 1.29 is 0 Å². The predicted molar refractivity (Wildman–Crippen MR) is 603 cm³/mol. The first kappa shape index (κ1) is 83.6. The molecule has 13 aromatic heterocycles. The van der Waals surface area contributed by atoms with Crippen LogP contribution in [-0.2, 0) is 0 Å². The zero-order valence-electron chi connectivity index (χ0n) is 77.1. The Bertz CT molecular complexity index is 9210. The van der Waals surface area contributed by atoms with E-state index in [4.69, 9.17) is 24.9 Å². The third kappa shape index (κ3) is 14.1. The molecule has 30 aromatic rings. The fourth-order valence-corrected chi connectivity index (χ4v) is 25.3. The zero-order valence-corrected chi connectivity index (χ0v) is 79.6. The maximum Gasteiger partial charge on any atom is 0.164 e. The van der Waals surface area contributed by atoms with Gasteiger partial charge in [0, 0.05) is 161 Å². The van der Waals surface area contributed by atoms with Crippen LogP contribution in [0.4, 0.5) is 0 Å². The molecule has 0 fully saturated rings. The molecule has 144 heavy (non-hydrogen) atoms. The standard InChI is InChI=1S/3C43H26N4S/c1-3-13-27(14-4-1)41-44-42(28-15-5-2-6-16-28)46-43(45-41)29-23-25-30(26-24-29)47-35-21-11-9-19-33(35)37-31-17-7-8-18-32(31)38-34-20-10-12-22-36(34)48-40(38)39(37)47;1-2-12-31-30(11-1)40-32-13-3-5-17-38(32)47(42(40)43-41(31)33-14-4-6-18-39(33)48-43)29-21-19-27(20-22-29)28-25-36(34-15-7-9-23-44-34)46-37(26-28)35-16-8-10-24-45-35;1-2-12-33-32(11-1)40-34-13-3-5-15-38(34)47(42(40)43-41(33)35-14-4-6-16-39(35)48-43)31-19-17-27(18-20-31)30-23-36(28-9-7-21-44-25-28)46-37(24-30)29-10-8-22-45-26-29/h3*1-26H.